The smallest absolute Gasteiger partial charge is 0.238 e. The van der Waals surface area contributed by atoms with Gasteiger partial charge in [0.25, 0.3) is 0 Å². The van der Waals surface area contributed by atoms with Crippen LogP contribution >= 0.6 is 0 Å². The Morgan fingerprint density at radius 1 is 0.857 bits per heavy atom. The molecule has 148 valence electrons. The van der Waals surface area contributed by atoms with Gasteiger partial charge in [0.2, 0.25) is 5.91 Å². The van der Waals surface area contributed by atoms with E-state index in [9.17, 15) is 4.79 Å². The summed E-state index contributed by atoms with van der Waals surface area (Å²) in [5.41, 5.74) is 4.75. The molecule has 1 amide bonds. The molecule has 2 aliphatic rings. The van der Waals surface area contributed by atoms with Gasteiger partial charge in [-0.05, 0) is 55.7 Å². The first-order valence-corrected chi connectivity index (χ1v) is 10.4. The minimum Gasteiger partial charge on any atom is -0.372 e. The Labute approximate surface area is 167 Å². The Morgan fingerprint density at radius 3 is 2.21 bits per heavy atom. The maximum absolute atomic E-state index is 12.5. The van der Waals surface area contributed by atoms with Crippen molar-refractivity contribution >= 4 is 23.0 Å². The molecule has 2 aliphatic heterocycles. The molecule has 0 atom stereocenters. The molecule has 0 saturated carbocycles. The van der Waals surface area contributed by atoms with Crippen molar-refractivity contribution in [2.45, 2.75) is 19.8 Å². The molecule has 0 radical (unpaired) electrons. The minimum absolute atomic E-state index is 0.0678. The lowest BCUT2D eigenvalue weighted by Gasteiger charge is -2.36. The quantitative estimate of drug-likeness (QED) is 0.866. The topological polar surface area (TPSA) is 38.8 Å². The van der Waals surface area contributed by atoms with Gasteiger partial charge in [-0.1, -0.05) is 18.2 Å². The van der Waals surface area contributed by atoms with E-state index in [0.717, 1.165) is 45.0 Å². The monoisotopic (exact) mass is 378 g/mol. The number of benzene rings is 2. The third kappa shape index (κ3) is 4.47. The van der Waals surface area contributed by atoms with E-state index in [-0.39, 0.29) is 5.91 Å². The fourth-order valence-electron chi connectivity index (χ4n) is 4.20. The highest BCUT2D eigenvalue weighted by Gasteiger charge is 2.20. The minimum atomic E-state index is 0.0678. The zero-order chi connectivity index (χ0) is 19.3. The van der Waals surface area contributed by atoms with E-state index in [1.165, 1.54) is 29.8 Å². The predicted octanol–water partition coefficient (Wildman–Crippen LogP) is 3.36. The molecule has 2 heterocycles. The molecule has 2 saturated heterocycles. The van der Waals surface area contributed by atoms with Crippen molar-refractivity contribution in [3.05, 3.63) is 54.1 Å². The molecule has 1 N–H and O–H groups in total. The summed E-state index contributed by atoms with van der Waals surface area (Å²) in [6, 6.07) is 16.8. The van der Waals surface area contributed by atoms with Gasteiger partial charge in [0.1, 0.15) is 0 Å². The first-order valence-electron chi connectivity index (χ1n) is 10.4. The molecule has 2 aromatic carbocycles. The lowest BCUT2D eigenvalue weighted by atomic mass is 10.1. The maximum Gasteiger partial charge on any atom is 0.238 e. The molecule has 0 aliphatic carbocycles. The van der Waals surface area contributed by atoms with E-state index in [1.54, 1.807) is 0 Å². The summed E-state index contributed by atoms with van der Waals surface area (Å²) < 4.78 is 0. The number of carbonyl (C=O) groups is 1. The van der Waals surface area contributed by atoms with E-state index in [1.807, 2.05) is 12.1 Å². The number of nitrogens with one attached hydrogen (secondary N) is 1. The highest BCUT2D eigenvalue weighted by atomic mass is 16.2. The molecule has 0 aromatic heterocycles. The first kappa shape index (κ1) is 18.8. The van der Waals surface area contributed by atoms with Crippen LogP contribution in [0.15, 0.2) is 48.5 Å². The zero-order valence-electron chi connectivity index (χ0n) is 16.7. The SMILES string of the molecule is Cc1ccccc1N1CCN(CC(=O)Nc2ccc(N3CCCC3)cc2)CC1. The Morgan fingerprint density at radius 2 is 1.54 bits per heavy atom. The highest BCUT2D eigenvalue weighted by molar-refractivity contribution is 5.92. The summed E-state index contributed by atoms with van der Waals surface area (Å²) in [6.45, 7) is 8.64. The van der Waals surface area contributed by atoms with Gasteiger partial charge in [0.15, 0.2) is 0 Å². The number of nitrogens with zero attached hydrogens (tertiary/aromatic N) is 3. The van der Waals surface area contributed by atoms with Gasteiger partial charge in [-0.3, -0.25) is 9.69 Å². The predicted molar refractivity (Wildman–Crippen MR) is 116 cm³/mol. The van der Waals surface area contributed by atoms with Crippen LogP contribution in [-0.2, 0) is 4.79 Å². The van der Waals surface area contributed by atoms with Crippen LogP contribution in [-0.4, -0.2) is 56.6 Å². The number of amides is 1. The van der Waals surface area contributed by atoms with Gasteiger partial charge in [-0.25, -0.2) is 0 Å². The van der Waals surface area contributed by atoms with Crippen LogP contribution in [0.2, 0.25) is 0 Å². The number of carbonyl (C=O) groups excluding carboxylic acids is 1. The second-order valence-electron chi connectivity index (χ2n) is 7.84. The third-order valence-corrected chi connectivity index (χ3v) is 5.82. The number of rotatable bonds is 5. The zero-order valence-corrected chi connectivity index (χ0v) is 16.7. The van der Waals surface area contributed by atoms with Crippen molar-refractivity contribution in [2.24, 2.45) is 0 Å². The van der Waals surface area contributed by atoms with Crippen LogP contribution in [0, 0.1) is 6.92 Å². The van der Waals surface area contributed by atoms with E-state index in [2.05, 4.69) is 63.3 Å². The van der Waals surface area contributed by atoms with Crippen LogP contribution < -0.4 is 15.1 Å². The summed E-state index contributed by atoms with van der Waals surface area (Å²) in [4.78, 5) is 19.5. The lowest BCUT2D eigenvalue weighted by Crippen LogP contribution is -2.48. The van der Waals surface area contributed by atoms with E-state index < -0.39 is 0 Å². The number of piperazine rings is 1. The molecule has 0 spiro atoms. The number of hydrogen-bond acceptors (Lipinski definition) is 4. The molecule has 28 heavy (non-hydrogen) atoms. The lowest BCUT2D eigenvalue weighted by molar-refractivity contribution is -0.117. The van der Waals surface area contributed by atoms with Crippen molar-refractivity contribution in [3.8, 4) is 0 Å². The molecular formula is C23H30N4O. The van der Waals surface area contributed by atoms with Gasteiger partial charge in [-0.15, -0.1) is 0 Å². The largest absolute Gasteiger partial charge is 0.372 e. The van der Waals surface area contributed by atoms with Crippen LogP contribution in [0.3, 0.4) is 0 Å². The van der Waals surface area contributed by atoms with Gasteiger partial charge < -0.3 is 15.1 Å². The van der Waals surface area contributed by atoms with Crippen LogP contribution in [0.25, 0.3) is 0 Å². The number of hydrogen-bond donors (Lipinski definition) is 1. The average molecular weight is 379 g/mol. The third-order valence-electron chi connectivity index (χ3n) is 5.82. The van der Waals surface area contributed by atoms with Gasteiger partial charge in [-0.2, -0.15) is 0 Å². The van der Waals surface area contributed by atoms with Crippen molar-refractivity contribution in [2.75, 3.05) is 60.9 Å². The molecule has 5 nitrogen and oxygen atoms in total. The summed E-state index contributed by atoms with van der Waals surface area (Å²) in [7, 11) is 0. The van der Waals surface area contributed by atoms with Gasteiger partial charge in [0, 0.05) is 56.3 Å². The maximum atomic E-state index is 12.5. The molecule has 2 fully saturated rings. The standard InChI is InChI=1S/C23H30N4O/c1-19-6-2-3-7-22(19)27-16-14-25(15-17-27)18-23(28)24-20-8-10-21(11-9-20)26-12-4-5-13-26/h2-3,6-11H,4-5,12-18H2,1H3,(H,24,28). The Kier molecular flexibility index (Phi) is 5.81. The molecule has 0 bridgehead atoms. The molecule has 2 aromatic rings. The van der Waals surface area contributed by atoms with Crippen molar-refractivity contribution in [1.29, 1.82) is 0 Å². The molecule has 5 heteroatoms. The summed E-state index contributed by atoms with van der Waals surface area (Å²) in [5, 5.41) is 3.05. The fraction of sp³-hybridized carbons (Fsp3) is 0.435. The average Bonchev–Trinajstić information content (AvgIpc) is 3.24. The van der Waals surface area contributed by atoms with E-state index in [0.29, 0.717) is 6.54 Å². The second-order valence-corrected chi connectivity index (χ2v) is 7.84. The molecule has 4 rings (SSSR count). The Bertz CT molecular complexity index is 791. The molecule has 0 unspecified atom stereocenters. The van der Waals surface area contributed by atoms with Gasteiger partial charge in [0.05, 0.1) is 6.54 Å². The van der Waals surface area contributed by atoms with Crippen molar-refractivity contribution < 1.29 is 4.79 Å². The summed E-state index contributed by atoms with van der Waals surface area (Å²) in [6.07, 6.45) is 2.55. The summed E-state index contributed by atoms with van der Waals surface area (Å²) >= 11 is 0. The van der Waals surface area contributed by atoms with E-state index in [4.69, 9.17) is 0 Å². The summed E-state index contributed by atoms with van der Waals surface area (Å²) in [5.74, 6) is 0.0678. The Balaban J connectivity index is 1.25. The second kappa shape index (κ2) is 8.65. The van der Waals surface area contributed by atoms with E-state index >= 15 is 0 Å². The van der Waals surface area contributed by atoms with Crippen molar-refractivity contribution in [3.63, 3.8) is 0 Å². The number of anilines is 3. The number of para-hydroxylation sites is 1. The van der Waals surface area contributed by atoms with Gasteiger partial charge >= 0.3 is 0 Å². The fourth-order valence-corrected chi connectivity index (χ4v) is 4.20. The number of aryl methyl sites for hydroxylation is 1. The molecular weight excluding hydrogens is 348 g/mol. The Hall–Kier alpha value is -2.53. The van der Waals surface area contributed by atoms with Crippen molar-refractivity contribution in [1.82, 2.24) is 4.90 Å². The normalized spacial score (nSPS) is 17.8. The highest BCUT2D eigenvalue weighted by Crippen LogP contribution is 2.23. The van der Waals surface area contributed by atoms with Crippen LogP contribution in [0.1, 0.15) is 18.4 Å². The first-order chi connectivity index (χ1) is 13.7. The van der Waals surface area contributed by atoms with Crippen LogP contribution in [0.4, 0.5) is 17.1 Å². The van der Waals surface area contributed by atoms with Crippen LogP contribution in [0.5, 0.6) is 0 Å².